The smallest absolute Gasteiger partial charge is 0.233 e. The summed E-state index contributed by atoms with van der Waals surface area (Å²) in [6.07, 6.45) is 5.19. The Labute approximate surface area is 98.4 Å². The van der Waals surface area contributed by atoms with E-state index in [1.165, 1.54) is 0 Å². The Morgan fingerprint density at radius 2 is 2.47 bits per heavy atom. The maximum absolute atomic E-state index is 11.4. The zero-order valence-corrected chi connectivity index (χ0v) is 10.3. The van der Waals surface area contributed by atoms with Crippen molar-refractivity contribution in [2.45, 2.75) is 24.6 Å². The maximum Gasteiger partial charge on any atom is 0.233 e. The molecule has 1 unspecified atom stereocenters. The molecule has 0 spiro atoms. The summed E-state index contributed by atoms with van der Waals surface area (Å²) >= 11 is 3.30. The SMILES string of the molecule is CCC(Br)C(=O)NCCc1cccnc1. The van der Waals surface area contributed by atoms with Gasteiger partial charge >= 0.3 is 0 Å². The Morgan fingerprint density at radius 1 is 1.67 bits per heavy atom. The van der Waals surface area contributed by atoms with Crippen LogP contribution < -0.4 is 5.32 Å². The van der Waals surface area contributed by atoms with Gasteiger partial charge in [0.2, 0.25) is 5.91 Å². The van der Waals surface area contributed by atoms with Crippen molar-refractivity contribution in [1.29, 1.82) is 0 Å². The zero-order valence-electron chi connectivity index (χ0n) is 8.74. The van der Waals surface area contributed by atoms with Crippen molar-refractivity contribution < 1.29 is 4.79 Å². The number of halogens is 1. The standard InChI is InChI=1S/C11H15BrN2O/c1-2-10(12)11(15)14-7-5-9-4-3-6-13-8-9/h3-4,6,8,10H,2,5,7H2,1H3,(H,14,15). The number of alkyl halides is 1. The Balaban J connectivity index is 2.25. The summed E-state index contributed by atoms with van der Waals surface area (Å²) in [5.41, 5.74) is 1.14. The first kappa shape index (κ1) is 12.2. The van der Waals surface area contributed by atoms with Crippen molar-refractivity contribution in [3.05, 3.63) is 30.1 Å². The first-order valence-electron chi connectivity index (χ1n) is 5.04. The molecule has 0 fully saturated rings. The van der Waals surface area contributed by atoms with E-state index in [4.69, 9.17) is 0 Å². The summed E-state index contributed by atoms with van der Waals surface area (Å²) < 4.78 is 0. The average Bonchev–Trinajstić information content (AvgIpc) is 2.29. The normalized spacial score (nSPS) is 12.1. The Morgan fingerprint density at radius 3 is 3.07 bits per heavy atom. The van der Waals surface area contributed by atoms with Crippen LogP contribution in [-0.4, -0.2) is 22.3 Å². The van der Waals surface area contributed by atoms with E-state index in [-0.39, 0.29) is 10.7 Å². The number of carbonyl (C=O) groups excluding carboxylic acids is 1. The Kier molecular flexibility index (Phi) is 5.32. The molecule has 0 aliphatic heterocycles. The molecule has 1 aromatic heterocycles. The predicted octanol–water partition coefficient (Wildman–Crippen LogP) is 1.91. The summed E-state index contributed by atoms with van der Waals surface area (Å²) in [6.45, 7) is 2.63. The highest BCUT2D eigenvalue weighted by atomic mass is 79.9. The molecular weight excluding hydrogens is 256 g/mol. The van der Waals surface area contributed by atoms with Crippen LogP contribution in [0.5, 0.6) is 0 Å². The third-order valence-electron chi connectivity index (χ3n) is 2.08. The number of nitrogens with zero attached hydrogens (tertiary/aromatic N) is 1. The number of nitrogens with one attached hydrogen (secondary N) is 1. The van der Waals surface area contributed by atoms with Crippen LogP contribution in [0, 0.1) is 0 Å². The van der Waals surface area contributed by atoms with Gasteiger partial charge in [0.05, 0.1) is 4.83 Å². The summed E-state index contributed by atoms with van der Waals surface area (Å²) in [7, 11) is 0. The second-order valence-electron chi connectivity index (χ2n) is 3.28. The molecule has 0 aliphatic rings. The second kappa shape index (κ2) is 6.56. The highest BCUT2D eigenvalue weighted by Crippen LogP contribution is 2.03. The van der Waals surface area contributed by atoms with Gasteiger partial charge in [-0.3, -0.25) is 9.78 Å². The molecule has 15 heavy (non-hydrogen) atoms. The van der Waals surface area contributed by atoms with Gasteiger partial charge in [-0.1, -0.05) is 28.9 Å². The van der Waals surface area contributed by atoms with Crippen LogP contribution in [0.3, 0.4) is 0 Å². The van der Waals surface area contributed by atoms with E-state index in [9.17, 15) is 4.79 Å². The minimum atomic E-state index is -0.0774. The Bertz CT molecular complexity index is 303. The molecule has 82 valence electrons. The molecule has 0 aliphatic carbocycles. The minimum absolute atomic E-state index is 0.0568. The molecule has 1 heterocycles. The molecular formula is C11H15BrN2O. The molecule has 3 nitrogen and oxygen atoms in total. The van der Waals surface area contributed by atoms with Crippen molar-refractivity contribution in [3.8, 4) is 0 Å². The topological polar surface area (TPSA) is 42.0 Å². The molecule has 0 saturated carbocycles. The fourth-order valence-corrected chi connectivity index (χ4v) is 1.33. The number of rotatable bonds is 5. The summed E-state index contributed by atoms with van der Waals surface area (Å²) in [4.78, 5) is 15.3. The highest BCUT2D eigenvalue weighted by Gasteiger charge is 2.10. The van der Waals surface area contributed by atoms with Gasteiger partial charge < -0.3 is 5.32 Å². The van der Waals surface area contributed by atoms with E-state index in [2.05, 4.69) is 26.2 Å². The van der Waals surface area contributed by atoms with Crippen LogP contribution in [0.15, 0.2) is 24.5 Å². The lowest BCUT2D eigenvalue weighted by Gasteiger charge is -2.08. The van der Waals surface area contributed by atoms with Gasteiger partial charge in [0.1, 0.15) is 0 Å². The van der Waals surface area contributed by atoms with Crippen LogP contribution in [-0.2, 0) is 11.2 Å². The van der Waals surface area contributed by atoms with Crippen LogP contribution in [0.25, 0.3) is 0 Å². The first-order chi connectivity index (χ1) is 7.24. The lowest BCUT2D eigenvalue weighted by molar-refractivity contribution is -0.120. The van der Waals surface area contributed by atoms with Gasteiger partial charge in [0.25, 0.3) is 0 Å². The van der Waals surface area contributed by atoms with Gasteiger partial charge in [-0.2, -0.15) is 0 Å². The molecule has 1 aromatic rings. The molecule has 0 radical (unpaired) electrons. The molecule has 1 atom stereocenters. The van der Waals surface area contributed by atoms with Crippen LogP contribution in [0.1, 0.15) is 18.9 Å². The van der Waals surface area contributed by atoms with Crippen molar-refractivity contribution in [2.75, 3.05) is 6.54 Å². The van der Waals surface area contributed by atoms with E-state index in [1.807, 2.05) is 25.3 Å². The third-order valence-corrected chi connectivity index (χ3v) is 3.14. The van der Waals surface area contributed by atoms with Crippen LogP contribution in [0.4, 0.5) is 0 Å². The largest absolute Gasteiger partial charge is 0.355 e. The van der Waals surface area contributed by atoms with E-state index < -0.39 is 0 Å². The van der Waals surface area contributed by atoms with Gasteiger partial charge in [0, 0.05) is 18.9 Å². The number of amides is 1. The highest BCUT2D eigenvalue weighted by molar-refractivity contribution is 9.10. The molecule has 0 aromatic carbocycles. The first-order valence-corrected chi connectivity index (χ1v) is 5.96. The number of carbonyl (C=O) groups is 1. The van der Waals surface area contributed by atoms with Gasteiger partial charge in [-0.25, -0.2) is 0 Å². The quantitative estimate of drug-likeness (QED) is 0.831. The van der Waals surface area contributed by atoms with Crippen LogP contribution in [0.2, 0.25) is 0 Å². The van der Waals surface area contributed by atoms with E-state index in [0.717, 1.165) is 18.4 Å². The van der Waals surface area contributed by atoms with Gasteiger partial charge in [0.15, 0.2) is 0 Å². The number of aromatic nitrogens is 1. The van der Waals surface area contributed by atoms with E-state index in [1.54, 1.807) is 6.20 Å². The predicted molar refractivity (Wildman–Crippen MR) is 64.0 cm³/mol. The Hall–Kier alpha value is -0.900. The van der Waals surface area contributed by atoms with E-state index in [0.29, 0.717) is 6.54 Å². The zero-order chi connectivity index (χ0) is 11.1. The summed E-state index contributed by atoms with van der Waals surface area (Å²) in [5.74, 6) is 0.0568. The summed E-state index contributed by atoms with van der Waals surface area (Å²) in [6, 6.07) is 3.90. The monoisotopic (exact) mass is 270 g/mol. The fourth-order valence-electron chi connectivity index (χ4n) is 1.17. The van der Waals surface area contributed by atoms with Gasteiger partial charge in [-0.05, 0) is 24.5 Å². The lowest BCUT2D eigenvalue weighted by Crippen LogP contribution is -2.32. The van der Waals surface area contributed by atoms with Crippen molar-refractivity contribution in [2.24, 2.45) is 0 Å². The summed E-state index contributed by atoms with van der Waals surface area (Å²) in [5, 5.41) is 2.87. The minimum Gasteiger partial charge on any atom is -0.355 e. The van der Waals surface area contributed by atoms with Crippen LogP contribution >= 0.6 is 15.9 Å². The van der Waals surface area contributed by atoms with Crippen molar-refractivity contribution in [1.82, 2.24) is 10.3 Å². The number of pyridine rings is 1. The number of hydrogen-bond acceptors (Lipinski definition) is 2. The van der Waals surface area contributed by atoms with Crippen molar-refractivity contribution >= 4 is 21.8 Å². The molecule has 1 rings (SSSR count). The lowest BCUT2D eigenvalue weighted by atomic mass is 10.2. The average molecular weight is 271 g/mol. The second-order valence-corrected chi connectivity index (χ2v) is 4.38. The fraction of sp³-hybridized carbons (Fsp3) is 0.455. The van der Waals surface area contributed by atoms with Crippen molar-refractivity contribution in [3.63, 3.8) is 0 Å². The molecule has 0 saturated heterocycles. The number of hydrogen-bond donors (Lipinski definition) is 1. The molecule has 1 amide bonds. The maximum atomic E-state index is 11.4. The third kappa shape index (κ3) is 4.42. The molecule has 4 heteroatoms. The molecule has 1 N–H and O–H groups in total. The van der Waals surface area contributed by atoms with Gasteiger partial charge in [-0.15, -0.1) is 0 Å². The molecule has 0 bridgehead atoms. The van der Waals surface area contributed by atoms with E-state index >= 15 is 0 Å².